The number of aromatic nitrogens is 2. The molecule has 0 aliphatic rings. The van der Waals surface area contributed by atoms with E-state index in [0.29, 0.717) is 10.7 Å². The SMILES string of the molecule is Cn1nc(-c2c[c]c([N+](=O)[O-])cc2F)c(Cl)c1C(F)(F)F. The summed E-state index contributed by atoms with van der Waals surface area (Å²) in [6.45, 7) is 0. The zero-order chi connectivity index (χ0) is 15.9. The van der Waals surface area contributed by atoms with Crippen LogP contribution in [-0.4, -0.2) is 14.7 Å². The number of nitro groups is 1. The van der Waals surface area contributed by atoms with Gasteiger partial charge in [-0.2, -0.15) is 18.3 Å². The highest BCUT2D eigenvalue weighted by Gasteiger charge is 2.39. The van der Waals surface area contributed by atoms with Gasteiger partial charge in [0.25, 0.3) is 5.69 Å². The summed E-state index contributed by atoms with van der Waals surface area (Å²) in [5.74, 6) is -1.12. The van der Waals surface area contributed by atoms with Gasteiger partial charge in [0.2, 0.25) is 0 Å². The van der Waals surface area contributed by atoms with Crippen LogP contribution in [0.4, 0.5) is 23.2 Å². The van der Waals surface area contributed by atoms with Gasteiger partial charge >= 0.3 is 6.18 Å². The predicted molar refractivity (Wildman–Crippen MR) is 64.1 cm³/mol. The topological polar surface area (TPSA) is 61.0 Å². The van der Waals surface area contributed by atoms with Crippen LogP contribution >= 0.6 is 11.6 Å². The molecule has 0 saturated heterocycles. The van der Waals surface area contributed by atoms with Crippen molar-refractivity contribution < 1.29 is 22.5 Å². The molecular formula is C11H5ClF4N3O2. The molecule has 0 saturated carbocycles. The van der Waals surface area contributed by atoms with E-state index in [-0.39, 0.29) is 0 Å². The number of halogens is 5. The summed E-state index contributed by atoms with van der Waals surface area (Å²) in [5.41, 5.74) is -2.76. The molecule has 0 bridgehead atoms. The van der Waals surface area contributed by atoms with E-state index in [1.54, 1.807) is 0 Å². The zero-order valence-electron chi connectivity index (χ0n) is 10.2. The van der Waals surface area contributed by atoms with Gasteiger partial charge in [-0.05, 0) is 6.07 Å². The predicted octanol–water partition coefficient (Wildman–Crippen LogP) is 3.61. The maximum atomic E-state index is 13.8. The molecule has 2 aromatic rings. The molecule has 0 aliphatic heterocycles. The molecule has 0 aliphatic carbocycles. The maximum absolute atomic E-state index is 13.8. The number of benzene rings is 1. The summed E-state index contributed by atoms with van der Waals surface area (Å²) in [7, 11) is 1.01. The van der Waals surface area contributed by atoms with Gasteiger partial charge in [-0.15, -0.1) is 0 Å². The molecule has 0 N–H and O–H groups in total. The number of hydrogen-bond acceptors (Lipinski definition) is 3. The van der Waals surface area contributed by atoms with E-state index in [1.807, 2.05) is 0 Å². The van der Waals surface area contributed by atoms with E-state index in [0.717, 1.165) is 13.1 Å². The van der Waals surface area contributed by atoms with Crippen molar-refractivity contribution in [1.29, 1.82) is 0 Å². The van der Waals surface area contributed by atoms with Crippen molar-refractivity contribution in [3.8, 4) is 11.3 Å². The quantitative estimate of drug-likeness (QED) is 0.482. The molecule has 111 valence electrons. The van der Waals surface area contributed by atoms with Crippen LogP contribution in [0.5, 0.6) is 0 Å². The van der Waals surface area contributed by atoms with E-state index in [4.69, 9.17) is 11.6 Å². The molecule has 0 amide bonds. The Morgan fingerprint density at radius 3 is 2.52 bits per heavy atom. The molecule has 0 unspecified atom stereocenters. The maximum Gasteiger partial charge on any atom is 0.434 e. The summed E-state index contributed by atoms with van der Waals surface area (Å²) in [4.78, 5) is 9.59. The molecule has 5 nitrogen and oxygen atoms in total. The fourth-order valence-corrected chi connectivity index (χ4v) is 2.09. The standard InChI is InChI=1S/C11H5ClF4N3O2/c1-18-10(11(14,15)16)8(12)9(17-18)6-3-2-5(19(20)21)4-7(6)13/h3-4H,1H3. The smallest absolute Gasteiger partial charge is 0.262 e. The van der Waals surface area contributed by atoms with E-state index >= 15 is 0 Å². The molecule has 1 radical (unpaired) electrons. The Hall–Kier alpha value is -2.16. The first-order valence-electron chi connectivity index (χ1n) is 5.28. The lowest BCUT2D eigenvalue weighted by Crippen LogP contribution is -2.12. The minimum absolute atomic E-state index is 0.406. The van der Waals surface area contributed by atoms with Gasteiger partial charge in [0, 0.05) is 12.6 Å². The Morgan fingerprint density at radius 2 is 2.10 bits per heavy atom. The van der Waals surface area contributed by atoms with E-state index in [2.05, 4.69) is 11.2 Å². The van der Waals surface area contributed by atoms with Crippen LogP contribution < -0.4 is 0 Å². The molecule has 2 rings (SSSR count). The number of hydrogen-bond donors (Lipinski definition) is 0. The number of nitro benzene ring substituents is 1. The summed E-state index contributed by atoms with van der Waals surface area (Å²) in [5, 5.41) is 13.2. The van der Waals surface area contributed by atoms with Crippen LogP contribution in [0.25, 0.3) is 11.3 Å². The molecule has 1 aromatic heterocycles. The first kappa shape index (κ1) is 15.2. The molecule has 21 heavy (non-hydrogen) atoms. The molecule has 1 aromatic carbocycles. The van der Waals surface area contributed by atoms with Crippen LogP contribution in [0.1, 0.15) is 5.69 Å². The van der Waals surface area contributed by atoms with E-state index in [1.165, 1.54) is 0 Å². The van der Waals surface area contributed by atoms with Crippen molar-refractivity contribution in [3.63, 3.8) is 0 Å². The third-order valence-corrected chi connectivity index (χ3v) is 2.95. The summed E-state index contributed by atoms with van der Waals surface area (Å²) < 4.78 is 52.6. The second-order valence-electron chi connectivity index (χ2n) is 3.97. The second-order valence-corrected chi connectivity index (χ2v) is 4.35. The number of nitrogens with zero attached hydrogens (tertiary/aromatic N) is 3. The first-order valence-corrected chi connectivity index (χ1v) is 5.66. The lowest BCUT2D eigenvalue weighted by Gasteiger charge is -2.06. The van der Waals surface area contributed by atoms with E-state index in [9.17, 15) is 27.7 Å². The Morgan fingerprint density at radius 1 is 1.48 bits per heavy atom. The highest BCUT2D eigenvalue weighted by atomic mass is 35.5. The summed E-state index contributed by atoms with van der Waals surface area (Å²) >= 11 is 5.61. The van der Waals surface area contributed by atoms with Crippen molar-refractivity contribution in [1.82, 2.24) is 9.78 Å². The number of non-ortho nitro benzene ring substituents is 1. The molecule has 10 heteroatoms. The Bertz CT molecular complexity index is 727. The first-order chi connectivity index (χ1) is 9.62. The van der Waals surface area contributed by atoms with Crippen molar-refractivity contribution >= 4 is 17.3 Å². The normalized spacial score (nSPS) is 11.7. The number of aryl methyl sites for hydroxylation is 1. The monoisotopic (exact) mass is 322 g/mol. The van der Waals surface area contributed by atoms with E-state index < -0.39 is 44.6 Å². The fraction of sp³-hybridized carbons (Fsp3) is 0.182. The number of alkyl halides is 3. The highest BCUT2D eigenvalue weighted by Crippen LogP contribution is 2.40. The molecule has 0 atom stereocenters. The summed E-state index contributed by atoms with van der Waals surface area (Å²) in [6.07, 6.45) is -4.77. The Balaban J connectivity index is 2.61. The molecule has 0 fully saturated rings. The third kappa shape index (κ3) is 2.68. The fourth-order valence-electron chi connectivity index (χ4n) is 1.72. The second kappa shape index (κ2) is 4.99. The minimum atomic E-state index is -4.77. The third-order valence-electron chi connectivity index (χ3n) is 2.59. The average molecular weight is 323 g/mol. The average Bonchev–Trinajstić information content (AvgIpc) is 2.63. The summed E-state index contributed by atoms with van der Waals surface area (Å²) in [6, 6.07) is 3.51. The van der Waals surface area contributed by atoms with Crippen molar-refractivity contribution in [2.24, 2.45) is 7.05 Å². The van der Waals surface area contributed by atoms with Gasteiger partial charge in [-0.3, -0.25) is 14.8 Å². The lowest BCUT2D eigenvalue weighted by molar-refractivity contribution is -0.385. The molecule has 1 heterocycles. The minimum Gasteiger partial charge on any atom is -0.262 e. The Labute approximate surface area is 119 Å². The van der Waals surface area contributed by atoms with Crippen LogP contribution in [0.2, 0.25) is 5.02 Å². The van der Waals surface area contributed by atoms with Crippen molar-refractivity contribution in [2.45, 2.75) is 6.18 Å². The van der Waals surface area contributed by atoms with Crippen LogP contribution in [0.15, 0.2) is 12.1 Å². The van der Waals surface area contributed by atoms with Crippen molar-refractivity contribution in [3.05, 3.63) is 44.8 Å². The van der Waals surface area contributed by atoms with Crippen molar-refractivity contribution in [2.75, 3.05) is 0 Å². The van der Waals surface area contributed by atoms with Crippen LogP contribution in [0.3, 0.4) is 0 Å². The van der Waals surface area contributed by atoms with Gasteiger partial charge in [0.05, 0.1) is 22.1 Å². The molecule has 0 spiro atoms. The molecular weight excluding hydrogens is 318 g/mol. The van der Waals surface area contributed by atoms with Crippen LogP contribution in [-0.2, 0) is 13.2 Å². The van der Waals surface area contributed by atoms with Gasteiger partial charge in [0.1, 0.15) is 11.5 Å². The van der Waals surface area contributed by atoms with Gasteiger partial charge in [0.15, 0.2) is 5.69 Å². The van der Waals surface area contributed by atoms with Gasteiger partial charge < -0.3 is 0 Å². The number of rotatable bonds is 2. The van der Waals surface area contributed by atoms with Gasteiger partial charge in [-0.25, -0.2) is 4.39 Å². The lowest BCUT2D eigenvalue weighted by atomic mass is 10.1. The Kier molecular flexibility index (Phi) is 3.62. The zero-order valence-corrected chi connectivity index (χ0v) is 11.0. The highest BCUT2D eigenvalue weighted by molar-refractivity contribution is 6.33. The van der Waals surface area contributed by atoms with Crippen LogP contribution in [0, 0.1) is 22.0 Å². The van der Waals surface area contributed by atoms with Gasteiger partial charge in [-0.1, -0.05) is 11.6 Å². The largest absolute Gasteiger partial charge is 0.434 e.